The maximum absolute atomic E-state index is 11.1. The van der Waals surface area contributed by atoms with Crippen molar-refractivity contribution in [2.45, 2.75) is 10.6 Å². The quantitative estimate of drug-likeness (QED) is 0.697. The van der Waals surface area contributed by atoms with E-state index in [9.17, 15) is 4.79 Å². The zero-order valence-electron chi connectivity index (χ0n) is 6.91. The zero-order valence-corrected chi connectivity index (χ0v) is 8.62. The van der Waals surface area contributed by atoms with E-state index in [-0.39, 0.29) is 5.91 Å². The number of thiol groups is 1. The van der Waals surface area contributed by atoms with Gasteiger partial charge >= 0.3 is 0 Å². The number of hydrogen-bond acceptors (Lipinski definition) is 3. The summed E-state index contributed by atoms with van der Waals surface area (Å²) in [5.41, 5.74) is 2.05. The summed E-state index contributed by atoms with van der Waals surface area (Å²) in [5.74, 6) is 1.30. The summed E-state index contributed by atoms with van der Waals surface area (Å²) >= 11 is 5.76. The lowest BCUT2D eigenvalue weighted by molar-refractivity contribution is -0.113. The largest absolute Gasteiger partial charge is 0.324 e. The number of carbonyl (C=O) groups excluding carboxylic acids is 1. The van der Waals surface area contributed by atoms with Crippen LogP contribution in [0.3, 0.4) is 0 Å². The van der Waals surface area contributed by atoms with E-state index in [0.717, 1.165) is 16.1 Å². The summed E-state index contributed by atoms with van der Waals surface area (Å²) in [6.45, 7) is 0. The lowest BCUT2D eigenvalue weighted by Crippen LogP contribution is -2.18. The molecule has 1 amide bonds. The van der Waals surface area contributed by atoms with E-state index in [1.165, 1.54) is 0 Å². The molecule has 1 aliphatic rings. The maximum Gasteiger partial charge on any atom is 0.234 e. The number of rotatable bonds is 1. The minimum absolute atomic E-state index is 0.0776. The highest BCUT2D eigenvalue weighted by Gasteiger charge is 2.14. The third-order valence-corrected chi connectivity index (χ3v) is 3.30. The van der Waals surface area contributed by atoms with Crippen molar-refractivity contribution in [1.29, 1.82) is 0 Å². The molecule has 0 unspecified atom stereocenters. The molecule has 0 aromatic heterocycles. The molecule has 2 nitrogen and oxygen atoms in total. The Bertz CT molecular complexity index is 351. The number of nitrogens with one attached hydrogen (secondary N) is 1. The minimum atomic E-state index is 0.0776. The number of amides is 1. The van der Waals surface area contributed by atoms with Gasteiger partial charge in [0.05, 0.1) is 11.4 Å². The second-order valence-corrected chi connectivity index (χ2v) is 4.16. The first kappa shape index (κ1) is 8.97. The lowest BCUT2D eigenvalue weighted by Gasteiger charge is -2.16. The van der Waals surface area contributed by atoms with E-state index in [1.54, 1.807) is 11.8 Å². The van der Waals surface area contributed by atoms with E-state index >= 15 is 0 Å². The molecular formula is C9H9NOS2. The van der Waals surface area contributed by atoms with Crippen molar-refractivity contribution in [2.24, 2.45) is 0 Å². The van der Waals surface area contributed by atoms with Crippen LogP contribution in [0.5, 0.6) is 0 Å². The monoisotopic (exact) mass is 211 g/mol. The molecule has 1 heterocycles. The highest BCUT2D eigenvalue weighted by atomic mass is 32.2. The van der Waals surface area contributed by atoms with Crippen LogP contribution in [0, 0.1) is 0 Å². The number of carbonyl (C=O) groups is 1. The Labute approximate surface area is 86.5 Å². The van der Waals surface area contributed by atoms with Gasteiger partial charge in [0.1, 0.15) is 0 Å². The van der Waals surface area contributed by atoms with Crippen LogP contribution >= 0.6 is 24.4 Å². The summed E-state index contributed by atoms with van der Waals surface area (Å²) < 4.78 is 0. The minimum Gasteiger partial charge on any atom is -0.324 e. The van der Waals surface area contributed by atoms with Gasteiger partial charge in [0.25, 0.3) is 0 Å². The second-order valence-electron chi connectivity index (χ2n) is 2.83. The van der Waals surface area contributed by atoms with Crippen molar-refractivity contribution in [3.63, 3.8) is 0 Å². The molecule has 0 saturated heterocycles. The Hall–Kier alpha value is -0.610. The van der Waals surface area contributed by atoms with E-state index in [1.807, 2.05) is 18.2 Å². The summed E-state index contributed by atoms with van der Waals surface area (Å²) in [4.78, 5) is 12.2. The van der Waals surface area contributed by atoms with Gasteiger partial charge < -0.3 is 5.32 Å². The highest BCUT2D eigenvalue weighted by molar-refractivity contribution is 8.00. The number of thioether (sulfide) groups is 1. The van der Waals surface area contributed by atoms with Gasteiger partial charge in [-0.05, 0) is 17.7 Å². The van der Waals surface area contributed by atoms with Gasteiger partial charge in [-0.15, -0.1) is 11.8 Å². The molecule has 0 aliphatic carbocycles. The molecule has 0 radical (unpaired) electrons. The van der Waals surface area contributed by atoms with Crippen molar-refractivity contribution in [3.8, 4) is 0 Å². The Kier molecular flexibility index (Phi) is 2.51. The fourth-order valence-corrected chi connectivity index (χ4v) is 2.21. The van der Waals surface area contributed by atoms with Crippen LogP contribution < -0.4 is 5.32 Å². The van der Waals surface area contributed by atoms with Gasteiger partial charge in [-0.2, -0.15) is 12.6 Å². The molecule has 1 aliphatic heterocycles. The van der Waals surface area contributed by atoms with Crippen LogP contribution in [0.2, 0.25) is 0 Å². The van der Waals surface area contributed by atoms with Crippen molar-refractivity contribution in [2.75, 3.05) is 11.1 Å². The third-order valence-electron chi connectivity index (χ3n) is 1.86. The average molecular weight is 211 g/mol. The SMILES string of the molecule is O=C1CSc2ccc(CS)cc2N1. The zero-order chi connectivity index (χ0) is 9.26. The molecule has 1 aromatic rings. The molecule has 0 spiro atoms. The smallest absolute Gasteiger partial charge is 0.234 e. The Morgan fingerprint density at radius 3 is 3.15 bits per heavy atom. The van der Waals surface area contributed by atoms with Gasteiger partial charge in [-0.3, -0.25) is 4.79 Å². The molecule has 2 rings (SSSR count). The summed E-state index contributed by atoms with van der Waals surface area (Å²) in [6.07, 6.45) is 0. The van der Waals surface area contributed by atoms with Gasteiger partial charge in [0.2, 0.25) is 5.91 Å². The van der Waals surface area contributed by atoms with Crippen molar-refractivity contribution in [1.82, 2.24) is 0 Å². The average Bonchev–Trinajstić information content (AvgIpc) is 2.16. The first-order valence-corrected chi connectivity index (χ1v) is 5.58. The van der Waals surface area contributed by atoms with Gasteiger partial charge in [0.15, 0.2) is 0 Å². The van der Waals surface area contributed by atoms with Gasteiger partial charge in [0, 0.05) is 10.6 Å². The first-order valence-electron chi connectivity index (χ1n) is 3.96. The van der Waals surface area contributed by atoms with Crippen molar-refractivity contribution >= 4 is 36.0 Å². The summed E-state index contributed by atoms with van der Waals surface area (Å²) in [6, 6.07) is 6.05. The molecule has 13 heavy (non-hydrogen) atoms. The number of hydrogen-bond donors (Lipinski definition) is 2. The molecular weight excluding hydrogens is 202 g/mol. The fraction of sp³-hybridized carbons (Fsp3) is 0.222. The molecule has 4 heteroatoms. The molecule has 68 valence electrons. The molecule has 0 fully saturated rings. The van der Waals surface area contributed by atoms with E-state index in [2.05, 4.69) is 17.9 Å². The van der Waals surface area contributed by atoms with Gasteiger partial charge in [-0.25, -0.2) is 0 Å². The number of fused-ring (bicyclic) bond motifs is 1. The predicted molar refractivity (Wildman–Crippen MR) is 58.5 cm³/mol. The van der Waals surface area contributed by atoms with E-state index in [0.29, 0.717) is 11.5 Å². The molecule has 1 N–H and O–H groups in total. The normalized spacial score (nSPS) is 15.0. The summed E-state index contributed by atoms with van der Waals surface area (Å²) in [7, 11) is 0. The van der Waals surface area contributed by atoms with Crippen molar-refractivity contribution in [3.05, 3.63) is 23.8 Å². The highest BCUT2D eigenvalue weighted by Crippen LogP contribution is 2.32. The van der Waals surface area contributed by atoms with Crippen molar-refractivity contribution < 1.29 is 4.79 Å². The van der Waals surface area contributed by atoms with E-state index in [4.69, 9.17) is 0 Å². The standard InChI is InChI=1S/C9H9NOS2/c11-9-5-13-8-2-1-6(4-12)3-7(8)10-9/h1-3,12H,4-5H2,(H,10,11). The van der Waals surface area contributed by atoms with E-state index < -0.39 is 0 Å². The van der Waals surface area contributed by atoms with Crippen LogP contribution in [0.25, 0.3) is 0 Å². The molecule has 0 atom stereocenters. The number of anilines is 1. The van der Waals surface area contributed by atoms with Crippen LogP contribution in [0.4, 0.5) is 5.69 Å². The predicted octanol–water partition coefficient (Wildman–Crippen LogP) is 2.16. The lowest BCUT2D eigenvalue weighted by atomic mass is 10.2. The Morgan fingerprint density at radius 1 is 1.54 bits per heavy atom. The van der Waals surface area contributed by atoms with Crippen LogP contribution in [0.1, 0.15) is 5.56 Å². The fourth-order valence-electron chi connectivity index (χ4n) is 1.23. The summed E-state index contributed by atoms with van der Waals surface area (Å²) in [5, 5.41) is 2.84. The number of benzene rings is 1. The first-order chi connectivity index (χ1) is 6.29. The molecule has 0 saturated carbocycles. The maximum atomic E-state index is 11.1. The van der Waals surface area contributed by atoms with Crippen LogP contribution in [-0.4, -0.2) is 11.7 Å². The topological polar surface area (TPSA) is 29.1 Å². The van der Waals surface area contributed by atoms with Crippen LogP contribution in [0.15, 0.2) is 23.1 Å². The third kappa shape index (κ3) is 1.84. The Balaban J connectivity index is 2.38. The van der Waals surface area contributed by atoms with Gasteiger partial charge in [-0.1, -0.05) is 6.07 Å². The Morgan fingerprint density at radius 2 is 2.38 bits per heavy atom. The second kappa shape index (κ2) is 3.64. The van der Waals surface area contributed by atoms with Crippen LogP contribution in [-0.2, 0) is 10.5 Å². The molecule has 0 bridgehead atoms. The molecule has 1 aromatic carbocycles.